The Bertz CT molecular complexity index is 1590. The predicted molar refractivity (Wildman–Crippen MR) is 357 cm³/mol. The summed E-state index contributed by atoms with van der Waals surface area (Å²) in [6.45, 7) is 6.57. The Morgan fingerprint density at radius 3 is 0.744 bits per heavy atom. The lowest BCUT2D eigenvalue weighted by Gasteiger charge is -2.18. The van der Waals surface area contributed by atoms with E-state index in [0.717, 1.165) is 116 Å². The molecule has 0 aliphatic heterocycles. The van der Waals surface area contributed by atoms with E-state index < -0.39 is 6.10 Å². The van der Waals surface area contributed by atoms with Gasteiger partial charge < -0.3 is 14.2 Å². The number of rotatable bonds is 64. The largest absolute Gasteiger partial charge is 0.462 e. The first-order valence-electron chi connectivity index (χ1n) is 35.2. The maximum Gasteiger partial charge on any atom is 0.306 e. The third-order valence-electron chi connectivity index (χ3n) is 15.4. The predicted octanol–water partition coefficient (Wildman–Crippen LogP) is 24.4. The van der Waals surface area contributed by atoms with E-state index in [4.69, 9.17) is 14.2 Å². The SMILES string of the molecule is CC/C=C\C/C=C\C/C=C\C/C=C\C/C=C\C/C=C\C/C=C\C/C=C\CCCCCCCCCCC(=O)OCC(COC(=O)CCCCCCCCCCCCCCC)OC(=O)CCCCCCCCCCCCCCCCCCCC. The lowest BCUT2D eigenvalue weighted by Crippen LogP contribution is -2.30. The summed E-state index contributed by atoms with van der Waals surface area (Å²) in [6, 6.07) is 0. The van der Waals surface area contributed by atoms with Gasteiger partial charge in [0.1, 0.15) is 13.2 Å². The molecule has 6 heteroatoms. The zero-order chi connectivity index (χ0) is 59.2. The Morgan fingerprint density at radius 1 is 0.256 bits per heavy atom. The standard InChI is InChI=1S/C76H132O6/c1-4-7-10-13-16-19-22-25-27-29-31-32-33-34-35-36-37-38-39-40-41-42-43-44-45-47-48-51-54-57-60-63-66-69-75(78)81-72-73(71-80-74(77)68-65-62-59-56-53-50-24-21-18-15-12-9-6-3)82-76(79)70-67-64-61-58-55-52-49-46-30-28-26-23-20-17-14-11-8-5-2/h7,10,16,19,25,27,31-32,34-35,37-38,40-41,43-44,73H,4-6,8-9,11-15,17-18,20-24,26,28-30,33,36,39,42,45-72H2,1-3H3/b10-7-,19-16-,27-25-,32-31-,35-34-,38-37-,41-40-,44-43-. The van der Waals surface area contributed by atoms with Gasteiger partial charge in [0.25, 0.3) is 0 Å². The van der Waals surface area contributed by atoms with Gasteiger partial charge in [-0.25, -0.2) is 0 Å². The Morgan fingerprint density at radius 2 is 0.476 bits per heavy atom. The van der Waals surface area contributed by atoms with Crippen LogP contribution in [0.3, 0.4) is 0 Å². The maximum atomic E-state index is 12.9. The molecule has 0 aromatic carbocycles. The van der Waals surface area contributed by atoms with Gasteiger partial charge in [-0.15, -0.1) is 0 Å². The molecule has 0 rings (SSSR count). The molecule has 0 N–H and O–H groups in total. The van der Waals surface area contributed by atoms with Crippen molar-refractivity contribution >= 4 is 17.9 Å². The van der Waals surface area contributed by atoms with E-state index in [1.807, 2.05) is 0 Å². The molecular formula is C76H132O6. The minimum Gasteiger partial charge on any atom is -0.462 e. The highest BCUT2D eigenvalue weighted by molar-refractivity contribution is 5.71. The third-order valence-corrected chi connectivity index (χ3v) is 15.4. The van der Waals surface area contributed by atoms with Crippen molar-refractivity contribution in [2.24, 2.45) is 0 Å². The molecule has 82 heavy (non-hydrogen) atoms. The van der Waals surface area contributed by atoms with Crippen LogP contribution in [0.2, 0.25) is 0 Å². The Kier molecular flexibility index (Phi) is 66.7. The van der Waals surface area contributed by atoms with Crippen molar-refractivity contribution in [3.63, 3.8) is 0 Å². The second-order valence-electron chi connectivity index (χ2n) is 23.4. The van der Waals surface area contributed by atoms with Gasteiger partial charge in [0.2, 0.25) is 0 Å². The van der Waals surface area contributed by atoms with Crippen LogP contribution in [0.4, 0.5) is 0 Å². The Balaban J connectivity index is 4.26. The van der Waals surface area contributed by atoms with Gasteiger partial charge in [-0.05, 0) is 83.5 Å². The summed E-state index contributed by atoms with van der Waals surface area (Å²) in [7, 11) is 0. The molecule has 1 unspecified atom stereocenters. The van der Waals surface area contributed by atoms with Crippen molar-refractivity contribution in [1.29, 1.82) is 0 Å². The van der Waals surface area contributed by atoms with E-state index in [2.05, 4.69) is 118 Å². The summed E-state index contributed by atoms with van der Waals surface area (Å²) < 4.78 is 17.0. The summed E-state index contributed by atoms with van der Waals surface area (Å²) in [5.74, 6) is -0.863. The van der Waals surface area contributed by atoms with Crippen LogP contribution in [0.15, 0.2) is 97.2 Å². The lowest BCUT2D eigenvalue weighted by atomic mass is 10.0. The highest BCUT2D eigenvalue weighted by atomic mass is 16.6. The van der Waals surface area contributed by atoms with Gasteiger partial charge >= 0.3 is 17.9 Å². The lowest BCUT2D eigenvalue weighted by molar-refractivity contribution is -0.167. The number of esters is 3. The molecule has 1 atom stereocenters. The molecule has 0 saturated carbocycles. The van der Waals surface area contributed by atoms with Crippen LogP contribution < -0.4 is 0 Å². The molecular weight excluding hydrogens is 1010 g/mol. The molecule has 0 aliphatic carbocycles. The van der Waals surface area contributed by atoms with E-state index in [1.54, 1.807) is 0 Å². The molecule has 0 heterocycles. The minimum absolute atomic E-state index is 0.0740. The molecule has 0 aromatic heterocycles. The molecule has 0 fully saturated rings. The number of hydrogen-bond donors (Lipinski definition) is 0. The molecule has 0 saturated heterocycles. The van der Waals surface area contributed by atoms with E-state index in [1.165, 1.54) is 193 Å². The van der Waals surface area contributed by atoms with Crippen molar-refractivity contribution in [1.82, 2.24) is 0 Å². The van der Waals surface area contributed by atoms with E-state index in [0.29, 0.717) is 19.3 Å². The quantitative estimate of drug-likeness (QED) is 0.0261. The molecule has 472 valence electrons. The summed E-state index contributed by atoms with van der Waals surface area (Å²) in [5.41, 5.74) is 0. The smallest absolute Gasteiger partial charge is 0.306 e. The van der Waals surface area contributed by atoms with Crippen LogP contribution in [-0.2, 0) is 28.6 Å². The molecule has 0 amide bonds. The van der Waals surface area contributed by atoms with Gasteiger partial charge in [0.15, 0.2) is 6.10 Å². The van der Waals surface area contributed by atoms with Gasteiger partial charge in [0, 0.05) is 19.3 Å². The van der Waals surface area contributed by atoms with Gasteiger partial charge in [0.05, 0.1) is 0 Å². The third kappa shape index (κ3) is 67.1. The van der Waals surface area contributed by atoms with Crippen molar-refractivity contribution in [2.45, 2.75) is 354 Å². The fourth-order valence-electron chi connectivity index (χ4n) is 10.1. The second-order valence-corrected chi connectivity index (χ2v) is 23.4. The Hall–Kier alpha value is -3.67. The molecule has 0 aliphatic rings. The number of ether oxygens (including phenoxy) is 3. The molecule has 0 bridgehead atoms. The fourth-order valence-corrected chi connectivity index (χ4v) is 10.1. The van der Waals surface area contributed by atoms with Gasteiger partial charge in [-0.1, -0.05) is 343 Å². The van der Waals surface area contributed by atoms with Crippen molar-refractivity contribution in [2.75, 3.05) is 13.2 Å². The average Bonchev–Trinajstić information content (AvgIpc) is 3.47. The van der Waals surface area contributed by atoms with Crippen LogP contribution in [0.25, 0.3) is 0 Å². The minimum atomic E-state index is -0.778. The van der Waals surface area contributed by atoms with Crippen LogP contribution in [0.1, 0.15) is 348 Å². The number of carbonyl (C=O) groups is 3. The van der Waals surface area contributed by atoms with Crippen LogP contribution in [0.5, 0.6) is 0 Å². The van der Waals surface area contributed by atoms with E-state index >= 15 is 0 Å². The van der Waals surface area contributed by atoms with Gasteiger partial charge in [-0.2, -0.15) is 0 Å². The maximum absolute atomic E-state index is 12.9. The summed E-state index contributed by atoms with van der Waals surface area (Å²) in [6.07, 6.45) is 94.3. The number of hydrogen-bond acceptors (Lipinski definition) is 6. The average molecular weight is 1140 g/mol. The first-order chi connectivity index (χ1) is 40.5. The molecule has 0 radical (unpaired) electrons. The summed E-state index contributed by atoms with van der Waals surface area (Å²) in [5, 5.41) is 0. The number of carbonyl (C=O) groups excluding carboxylic acids is 3. The molecule has 6 nitrogen and oxygen atoms in total. The number of unbranched alkanes of at least 4 members (excludes halogenated alkanes) is 37. The zero-order valence-electron chi connectivity index (χ0n) is 54.2. The van der Waals surface area contributed by atoms with Crippen molar-refractivity contribution < 1.29 is 28.6 Å². The first-order valence-corrected chi connectivity index (χ1v) is 35.2. The monoisotopic (exact) mass is 1140 g/mol. The highest BCUT2D eigenvalue weighted by Gasteiger charge is 2.19. The van der Waals surface area contributed by atoms with Crippen LogP contribution in [0, 0.1) is 0 Å². The van der Waals surface area contributed by atoms with Crippen LogP contribution >= 0.6 is 0 Å². The van der Waals surface area contributed by atoms with Crippen molar-refractivity contribution in [3.8, 4) is 0 Å². The molecule has 0 spiro atoms. The zero-order valence-corrected chi connectivity index (χ0v) is 54.2. The molecule has 0 aromatic rings. The number of allylic oxidation sites excluding steroid dienone is 16. The van der Waals surface area contributed by atoms with Gasteiger partial charge in [-0.3, -0.25) is 14.4 Å². The van der Waals surface area contributed by atoms with Crippen molar-refractivity contribution in [3.05, 3.63) is 97.2 Å². The van der Waals surface area contributed by atoms with Crippen LogP contribution in [-0.4, -0.2) is 37.2 Å². The summed E-state index contributed by atoms with van der Waals surface area (Å²) >= 11 is 0. The van der Waals surface area contributed by atoms with E-state index in [-0.39, 0.29) is 31.1 Å². The second kappa shape index (κ2) is 69.8. The first kappa shape index (κ1) is 78.3. The summed E-state index contributed by atoms with van der Waals surface area (Å²) in [4.78, 5) is 38.4. The Labute approximate surface area is 508 Å². The normalized spacial score (nSPS) is 12.7. The highest BCUT2D eigenvalue weighted by Crippen LogP contribution is 2.18. The topological polar surface area (TPSA) is 78.9 Å². The van der Waals surface area contributed by atoms with E-state index in [9.17, 15) is 14.4 Å². The fraction of sp³-hybridized carbons (Fsp3) is 0.750.